The topological polar surface area (TPSA) is 0 Å². The van der Waals surface area contributed by atoms with Gasteiger partial charge in [0.1, 0.15) is 0 Å². The van der Waals surface area contributed by atoms with E-state index in [1.807, 2.05) is 0 Å². The van der Waals surface area contributed by atoms with Gasteiger partial charge in [0.25, 0.3) is 0 Å². The standard InChI is InChI=1S/C20H36/c1-2-5-9-13-19-15-11-7-4-8-12-16-20(18-17-19)14-10-6-3-1/h17-20H,1-16H2. The summed E-state index contributed by atoms with van der Waals surface area (Å²) < 4.78 is 0. The third kappa shape index (κ3) is 6.95. The first kappa shape index (κ1) is 16.1. The summed E-state index contributed by atoms with van der Waals surface area (Å²) in [6.45, 7) is 0. The lowest BCUT2D eigenvalue weighted by molar-refractivity contribution is 0.455. The summed E-state index contributed by atoms with van der Waals surface area (Å²) in [5, 5.41) is 0. The molecule has 0 aliphatic heterocycles. The van der Waals surface area contributed by atoms with Gasteiger partial charge in [-0.25, -0.2) is 0 Å². The molecule has 0 saturated carbocycles. The molecule has 116 valence electrons. The first-order chi connectivity index (χ1) is 9.95. The van der Waals surface area contributed by atoms with E-state index in [0.29, 0.717) is 0 Å². The maximum atomic E-state index is 2.63. The van der Waals surface area contributed by atoms with E-state index < -0.39 is 0 Å². The van der Waals surface area contributed by atoms with Crippen molar-refractivity contribution in [3.63, 3.8) is 0 Å². The molecule has 0 N–H and O–H groups in total. The quantitative estimate of drug-likeness (QED) is 0.416. The Morgan fingerprint density at radius 3 is 0.900 bits per heavy atom. The minimum Gasteiger partial charge on any atom is -0.0851 e. The van der Waals surface area contributed by atoms with Crippen LogP contribution in [0, 0.1) is 11.8 Å². The fourth-order valence-electron chi connectivity index (χ4n) is 4.03. The number of rotatable bonds is 0. The molecular formula is C20H36. The summed E-state index contributed by atoms with van der Waals surface area (Å²) >= 11 is 0. The number of hydrogen-bond donors (Lipinski definition) is 0. The first-order valence-corrected chi connectivity index (χ1v) is 9.63. The van der Waals surface area contributed by atoms with Crippen LogP contribution in [-0.2, 0) is 0 Å². The van der Waals surface area contributed by atoms with Crippen molar-refractivity contribution in [2.24, 2.45) is 11.8 Å². The van der Waals surface area contributed by atoms with Crippen LogP contribution in [0.3, 0.4) is 0 Å². The molecule has 0 fully saturated rings. The van der Waals surface area contributed by atoms with E-state index >= 15 is 0 Å². The summed E-state index contributed by atoms with van der Waals surface area (Å²) in [5.41, 5.74) is 0. The van der Waals surface area contributed by atoms with Gasteiger partial charge in [-0.2, -0.15) is 0 Å². The van der Waals surface area contributed by atoms with Gasteiger partial charge in [-0.3, -0.25) is 0 Å². The molecule has 0 heteroatoms. The Hall–Kier alpha value is -0.260. The van der Waals surface area contributed by atoms with Gasteiger partial charge < -0.3 is 0 Å². The summed E-state index contributed by atoms with van der Waals surface area (Å²) in [6, 6.07) is 0. The molecule has 20 heavy (non-hydrogen) atoms. The largest absolute Gasteiger partial charge is 0.0851 e. The van der Waals surface area contributed by atoms with Gasteiger partial charge in [0.2, 0.25) is 0 Å². The van der Waals surface area contributed by atoms with Gasteiger partial charge in [-0.15, -0.1) is 0 Å². The second kappa shape index (κ2) is 10.5. The maximum Gasteiger partial charge on any atom is -0.0233 e. The van der Waals surface area contributed by atoms with E-state index in [-0.39, 0.29) is 0 Å². The maximum absolute atomic E-state index is 2.63. The van der Waals surface area contributed by atoms with Gasteiger partial charge >= 0.3 is 0 Å². The van der Waals surface area contributed by atoms with E-state index in [2.05, 4.69) is 12.2 Å². The Kier molecular flexibility index (Phi) is 8.43. The summed E-state index contributed by atoms with van der Waals surface area (Å²) in [4.78, 5) is 0. The zero-order chi connectivity index (χ0) is 13.9. The monoisotopic (exact) mass is 276 g/mol. The average Bonchev–Trinajstić information content (AvgIpc) is 2.49. The highest BCUT2D eigenvalue weighted by molar-refractivity contribution is 4.93. The fourth-order valence-corrected chi connectivity index (χ4v) is 4.03. The molecule has 0 aromatic rings. The number of fused-ring (bicyclic) bond motifs is 2. The van der Waals surface area contributed by atoms with E-state index in [0.717, 1.165) is 11.8 Å². The molecule has 2 atom stereocenters. The molecule has 2 rings (SSSR count). The third-order valence-electron chi connectivity index (χ3n) is 5.46. The van der Waals surface area contributed by atoms with Crippen LogP contribution in [0.5, 0.6) is 0 Å². The Labute approximate surface area is 127 Å². The van der Waals surface area contributed by atoms with Gasteiger partial charge in [-0.1, -0.05) is 89.2 Å². The highest BCUT2D eigenvalue weighted by Gasteiger charge is 2.11. The van der Waals surface area contributed by atoms with Crippen molar-refractivity contribution in [2.45, 2.75) is 103 Å². The third-order valence-corrected chi connectivity index (χ3v) is 5.46. The molecule has 2 aliphatic carbocycles. The van der Waals surface area contributed by atoms with Crippen LogP contribution < -0.4 is 0 Å². The lowest BCUT2D eigenvalue weighted by Crippen LogP contribution is -2.00. The fraction of sp³-hybridized carbons (Fsp3) is 0.900. The zero-order valence-corrected chi connectivity index (χ0v) is 13.6. The van der Waals surface area contributed by atoms with Crippen molar-refractivity contribution in [1.82, 2.24) is 0 Å². The summed E-state index contributed by atoms with van der Waals surface area (Å²) in [7, 11) is 0. The second-order valence-electron chi connectivity index (χ2n) is 7.30. The van der Waals surface area contributed by atoms with Crippen LogP contribution in [-0.4, -0.2) is 0 Å². The first-order valence-electron chi connectivity index (χ1n) is 9.63. The molecule has 0 spiro atoms. The van der Waals surface area contributed by atoms with Crippen LogP contribution in [0.25, 0.3) is 0 Å². The van der Waals surface area contributed by atoms with Gasteiger partial charge in [-0.05, 0) is 37.5 Å². The van der Waals surface area contributed by atoms with Crippen LogP contribution >= 0.6 is 0 Å². The predicted octanol–water partition coefficient (Wildman–Crippen LogP) is 7.04. The lowest BCUT2D eigenvalue weighted by atomic mass is 9.91. The zero-order valence-electron chi connectivity index (χ0n) is 13.6. The lowest BCUT2D eigenvalue weighted by Gasteiger charge is -2.14. The van der Waals surface area contributed by atoms with Crippen LogP contribution in [0.2, 0.25) is 0 Å². The van der Waals surface area contributed by atoms with Crippen LogP contribution in [0.15, 0.2) is 12.2 Å². The molecule has 0 aromatic heterocycles. The molecule has 0 amide bonds. The predicted molar refractivity (Wildman–Crippen MR) is 90.0 cm³/mol. The van der Waals surface area contributed by atoms with Crippen molar-refractivity contribution < 1.29 is 0 Å². The molecule has 0 aromatic carbocycles. The average molecular weight is 277 g/mol. The smallest absolute Gasteiger partial charge is 0.0233 e. The van der Waals surface area contributed by atoms with Crippen LogP contribution in [0.4, 0.5) is 0 Å². The Morgan fingerprint density at radius 1 is 0.350 bits per heavy atom. The van der Waals surface area contributed by atoms with Gasteiger partial charge in [0.05, 0.1) is 0 Å². The van der Waals surface area contributed by atoms with Crippen molar-refractivity contribution in [1.29, 1.82) is 0 Å². The minimum absolute atomic E-state index is 0.899. The van der Waals surface area contributed by atoms with Crippen LogP contribution in [0.1, 0.15) is 103 Å². The molecule has 2 aliphatic rings. The van der Waals surface area contributed by atoms with E-state index in [4.69, 9.17) is 0 Å². The second-order valence-corrected chi connectivity index (χ2v) is 7.30. The number of allylic oxidation sites excluding steroid dienone is 2. The number of hydrogen-bond acceptors (Lipinski definition) is 0. The molecule has 0 heterocycles. The van der Waals surface area contributed by atoms with Crippen molar-refractivity contribution in [3.05, 3.63) is 12.2 Å². The normalized spacial score (nSPS) is 31.6. The highest BCUT2D eigenvalue weighted by Crippen LogP contribution is 2.26. The molecular weight excluding hydrogens is 240 g/mol. The van der Waals surface area contributed by atoms with Gasteiger partial charge in [0.15, 0.2) is 0 Å². The Morgan fingerprint density at radius 2 is 0.600 bits per heavy atom. The SMILES string of the molecule is C1=CC2CCCCCCCCCC1CCCCCCC2. The Balaban J connectivity index is 1.93. The minimum atomic E-state index is 0.899. The molecule has 2 bridgehead atoms. The van der Waals surface area contributed by atoms with Gasteiger partial charge in [0, 0.05) is 0 Å². The Bertz CT molecular complexity index is 229. The van der Waals surface area contributed by atoms with E-state index in [1.54, 1.807) is 0 Å². The van der Waals surface area contributed by atoms with E-state index in [9.17, 15) is 0 Å². The molecule has 0 nitrogen and oxygen atoms in total. The molecule has 0 radical (unpaired) electrons. The van der Waals surface area contributed by atoms with E-state index in [1.165, 1.54) is 103 Å². The summed E-state index contributed by atoms with van der Waals surface area (Å²) in [6.07, 6.45) is 28.9. The van der Waals surface area contributed by atoms with Crippen molar-refractivity contribution in [3.8, 4) is 0 Å². The molecule has 2 unspecified atom stereocenters. The highest BCUT2D eigenvalue weighted by atomic mass is 14.2. The molecule has 0 saturated heterocycles. The summed E-state index contributed by atoms with van der Waals surface area (Å²) in [5.74, 6) is 1.80. The van der Waals surface area contributed by atoms with Crippen molar-refractivity contribution >= 4 is 0 Å². The van der Waals surface area contributed by atoms with Crippen molar-refractivity contribution in [2.75, 3.05) is 0 Å².